The van der Waals surface area contributed by atoms with Gasteiger partial charge in [0, 0.05) is 10.0 Å². The second-order valence-electron chi connectivity index (χ2n) is 2.60. The van der Waals surface area contributed by atoms with Crippen LogP contribution >= 0.6 is 15.9 Å². The first-order valence-electron chi connectivity index (χ1n) is 3.73. The van der Waals surface area contributed by atoms with Crippen LogP contribution in [0.15, 0.2) is 16.6 Å². The molecule has 0 spiro atoms. The number of hydrogen-bond acceptors (Lipinski definition) is 2. The van der Waals surface area contributed by atoms with Gasteiger partial charge in [0.25, 0.3) is 6.43 Å². The van der Waals surface area contributed by atoms with Gasteiger partial charge >= 0.3 is 5.97 Å². The summed E-state index contributed by atoms with van der Waals surface area (Å²) in [6, 6.07) is 3.69. The normalized spacial score (nSPS) is 10.1. The molecule has 3 nitrogen and oxygen atoms in total. The molecule has 0 amide bonds. The summed E-state index contributed by atoms with van der Waals surface area (Å²) in [5.74, 6) is -1.42. The molecule has 0 atom stereocenters. The van der Waals surface area contributed by atoms with Gasteiger partial charge in [-0.3, -0.25) is 0 Å². The lowest BCUT2D eigenvalue weighted by atomic mass is 10.0. The predicted molar refractivity (Wildman–Crippen MR) is 50.8 cm³/mol. The van der Waals surface area contributed by atoms with Crippen LogP contribution in [0.5, 0.6) is 0 Å². The van der Waals surface area contributed by atoms with Gasteiger partial charge in [-0.1, -0.05) is 6.07 Å². The standard InChI is InChI=1S/C9H4BrF2NO2/c10-6-2-1-4(8(11)12)5(3-13)7(6)9(14)15/h1-2,8H,(H,14,15). The Morgan fingerprint density at radius 1 is 1.53 bits per heavy atom. The van der Waals surface area contributed by atoms with Crippen molar-refractivity contribution in [3.63, 3.8) is 0 Å². The fourth-order valence-corrected chi connectivity index (χ4v) is 1.60. The van der Waals surface area contributed by atoms with Crippen LogP contribution in [0.25, 0.3) is 0 Å². The van der Waals surface area contributed by atoms with Crippen molar-refractivity contribution in [3.05, 3.63) is 33.3 Å². The van der Waals surface area contributed by atoms with E-state index in [9.17, 15) is 13.6 Å². The average Bonchev–Trinajstić information content (AvgIpc) is 2.15. The number of nitriles is 1. The summed E-state index contributed by atoms with van der Waals surface area (Å²) in [4.78, 5) is 10.8. The van der Waals surface area contributed by atoms with Gasteiger partial charge in [-0.2, -0.15) is 5.26 Å². The van der Waals surface area contributed by atoms with Gasteiger partial charge in [-0.25, -0.2) is 13.6 Å². The van der Waals surface area contributed by atoms with Crippen molar-refractivity contribution in [2.24, 2.45) is 0 Å². The Balaban J connectivity index is 3.56. The average molecular weight is 276 g/mol. The molecule has 0 radical (unpaired) electrons. The number of alkyl halides is 2. The van der Waals surface area contributed by atoms with Crippen molar-refractivity contribution in [1.82, 2.24) is 0 Å². The van der Waals surface area contributed by atoms with Crippen molar-refractivity contribution >= 4 is 21.9 Å². The van der Waals surface area contributed by atoms with Crippen LogP contribution in [0.2, 0.25) is 0 Å². The highest BCUT2D eigenvalue weighted by Crippen LogP contribution is 2.29. The van der Waals surface area contributed by atoms with Gasteiger partial charge in [-0.15, -0.1) is 0 Å². The van der Waals surface area contributed by atoms with E-state index in [4.69, 9.17) is 10.4 Å². The highest BCUT2D eigenvalue weighted by atomic mass is 79.9. The fourth-order valence-electron chi connectivity index (χ4n) is 1.10. The third kappa shape index (κ3) is 2.13. The van der Waals surface area contributed by atoms with E-state index < -0.39 is 29.1 Å². The predicted octanol–water partition coefficient (Wildman–Crippen LogP) is 2.96. The number of nitrogens with zero attached hydrogens (tertiary/aromatic N) is 1. The van der Waals surface area contributed by atoms with E-state index in [1.807, 2.05) is 0 Å². The summed E-state index contributed by atoms with van der Waals surface area (Å²) >= 11 is 2.89. The molecule has 0 aromatic heterocycles. The Morgan fingerprint density at radius 3 is 2.53 bits per heavy atom. The van der Waals surface area contributed by atoms with E-state index in [1.165, 1.54) is 12.1 Å². The van der Waals surface area contributed by atoms with Crippen molar-refractivity contribution in [3.8, 4) is 6.07 Å². The molecule has 1 rings (SSSR count). The minimum atomic E-state index is -2.87. The maximum Gasteiger partial charge on any atom is 0.338 e. The Bertz CT molecular complexity index is 454. The van der Waals surface area contributed by atoms with Crippen molar-refractivity contribution in [2.45, 2.75) is 6.43 Å². The summed E-state index contributed by atoms with van der Waals surface area (Å²) < 4.78 is 25.0. The van der Waals surface area contributed by atoms with Crippen molar-refractivity contribution in [1.29, 1.82) is 5.26 Å². The number of aromatic carboxylic acids is 1. The van der Waals surface area contributed by atoms with E-state index in [0.29, 0.717) is 0 Å². The molecule has 1 N–H and O–H groups in total. The van der Waals surface area contributed by atoms with Crippen LogP contribution < -0.4 is 0 Å². The fraction of sp³-hybridized carbons (Fsp3) is 0.111. The first-order valence-corrected chi connectivity index (χ1v) is 4.52. The molecule has 6 heteroatoms. The Labute approximate surface area is 92.1 Å². The molecular weight excluding hydrogens is 272 g/mol. The number of carbonyl (C=O) groups is 1. The maximum atomic E-state index is 12.4. The SMILES string of the molecule is N#Cc1c(C(F)F)ccc(Br)c1C(=O)O. The zero-order valence-electron chi connectivity index (χ0n) is 7.17. The molecule has 0 aliphatic heterocycles. The number of halogens is 3. The summed E-state index contributed by atoms with van der Waals surface area (Å²) in [7, 11) is 0. The van der Waals surface area contributed by atoms with Crippen molar-refractivity contribution in [2.75, 3.05) is 0 Å². The molecule has 0 fully saturated rings. The van der Waals surface area contributed by atoms with E-state index in [0.717, 1.165) is 6.07 Å². The van der Waals surface area contributed by atoms with Gasteiger partial charge in [0.15, 0.2) is 0 Å². The number of carboxylic acid groups (broad SMARTS) is 1. The van der Waals surface area contributed by atoms with Crippen LogP contribution in [0.1, 0.15) is 27.9 Å². The van der Waals surface area contributed by atoms with E-state index in [1.54, 1.807) is 0 Å². The van der Waals surface area contributed by atoms with Crippen LogP contribution in [0.4, 0.5) is 8.78 Å². The quantitative estimate of drug-likeness (QED) is 0.903. The van der Waals surface area contributed by atoms with Gasteiger partial charge in [-0.05, 0) is 22.0 Å². The molecule has 0 heterocycles. The van der Waals surface area contributed by atoms with Crippen molar-refractivity contribution < 1.29 is 18.7 Å². The van der Waals surface area contributed by atoms with Gasteiger partial charge in [0.1, 0.15) is 6.07 Å². The highest BCUT2D eigenvalue weighted by molar-refractivity contribution is 9.10. The Kier molecular flexibility index (Phi) is 3.37. The van der Waals surface area contributed by atoms with Crippen LogP contribution in [-0.4, -0.2) is 11.1 Å². The second-order valence-corrected chi connectivity index (χ2v) is 3.46. The number of carboxylic acids is 1. The van der Waals surface area contributed by atoms with Crippen LogP contribution in [-0.2, 0) is 0 Å². The summed E-state index contributed by atoms with van der Waals surface area (Å²) in [6.45, 7) is 0. The summed E-state index contributed by atoms with van der Waals surface area (Å²) in [5.41, 5.74) is -1.51. The minimum absolute atomic E-state index is 0.107. The molecule has 0 saturated heterocycles. The maximum absolute atomic E-state index is 12.4. The first-order chi connectivity index (χ1) is 6.99. The van der Waals surface area contributed by atoms with E-state index in [-0.39, 0.29) is 4.47 Å². The third-order valence-corrected chi connectivity index (χ3v) is 2.41. The molecule has 0 aliphatic rings. The second kappa shape index (κ2) is 4.36. The molecule has 78 valence electrons. The van der Waals surface area contributed by atoms with E-state index in [2.05, 4.69) is 15.9 Å². The first kappa shape index (κ1) is 11.6. The highest BCUT2D eigenvalue weighted by Gasteiger charge is 2.22. The Morgan fingerprint density at radius 2 is 2.13 bits per heavy atom. The van der Waals surface area contributed by atoms with Gasteiger partial charge in [0.2, 0.25) is 0 Å². The lowest BCUT2D eigenvalue weighted by Gasteiger charge is -2.07. The molecular formula is C9H4BrF2NO2. The summed E-state index contributed by atoms with van der Waals surface area (Å²) in [5, 5.41) is 17.4. The molecule has 0 saturated carbocycles. The van der Waals surface area contributed by atoms with Gasteiger partial charge < -0.3 is 5.11 Å². The number of benzene rings is 1. The molecule has 0 bridgehead atoms. The third-order valence-electron chi connectivity index (χ3n) is 1.75. The molecule has 1 aromatic carbocycles. The monoisotopic (exact) mass is 275 g/mol. The molecule has 0 unspecified atom stereocenters. The van der Waals surface area contributed by atoms with Gasteiger partial charge in [0.05, 0.1) is 11.1 Å². The number of hydrogen-bond donors (Lipinski definition) is 1. The zero-order valence-corrected chi connectivity index (χ0v) is 8.75. The largest absolute Gasteiger partial charge is 0.478 e. The molecule has 15 heavy (non-hydrogen) atoms. The lowest BCUT2D eigenvalue weighted by Crippen LogP contribution is -2.05. The van der Waals surface area contributed by atoms with E-state index >= 15 is 0 Å². The number of rotatable bonds is 2. The molecule has 1 aromatic rings. The zero-order chi connectivity index (χ0) is 11.6. The van der Waals surface area contributed by atoms with Crippen LogP contribution in [0, 0.1) is 11.3 Å². The lowest BCUT2D eigenvalue weighted by molar-refractivity contribution is 0.0695. The van der Waals surface area contributed by atoms with Crippen LogP contribution in [0.3, 0.4) is 0 Å². The molecule has 0 aliphatic carbocycles. The summed E-state index contributed by atoms with van der Waals surface area (Å²) in [6.07, 6.45) is -2.87. The Hall–Kier alpha value is -1.48. The minimum Gasteiger partial charge on any atom is -0.478 e. The smallest absolute Gasteiger partial charge is 0.338 e. The topological polar surface area (TPSA) is 61.1 Å².